The van der Waals surface area contributed by atoms with Gasteiger partial charge in [-0.1, -0.05) is 22.0 Å². The fourth-order valence-corrected chi connectivity index (χ4v) is 5.00. The van der Waals surface area contributed by atoms with Gasteiger partial charge in [0, 0.05) is 40.0 Å². The standard InChI is InChI=1S/C15H18BrNO2S/c1-11(18)10-20-6-4-17(5-7-20)14-9-19-15-8-12(16)2-3-13(14)15/h2-3,8,10,14H,4-7,9H2,1H3. The highest BCUT2D eigenvalue weighted by Gasteiger charge is 2.30. The maximum absolute atomic E-state index is 11.2. The highest BCUT2D eigenvalue weighted by Crippen LogP contribution is 2.38. The number of Topliss-reactive ketones (excluding diaryl/α,β-unsaturated/α-hetero) is 1. The second kappa shape index (κ2) is 6.00. The number of nitrogens with zero attached hydrogens (tertiary/aromatic N) is 1. The van der Waals surface area contributed by atoms with Crippen molar-refractivity contribution in [3.8, 4) is 5.75 Å². The van der Waals surface area contributed by atoms with E-state index in [9.17, 15) is 4.79 Å². The Morgan fingerprint density at radius 1 is 1.45 bits per heavy atom. The van der Waals surface area contributed by atoms with Crippen molar-refractivity contribution in [2.75, 3.05) is 31.2 Å². The van der Waals surface area contributed by atoms with Gasteiger partial charge in [0.25, 0.3) is 0 Å². The molecule has 1 fully saturated rings. The zero-order chi connectivity index (χ0) is 14.1. The molecular formula is C15H18BrNO2S. The highest BCUT2D eigenvalue weighted by atomic mass is 79.9. The molecule has 2 heterocycles. The molecule has 5 heteroatoms. The topological polar surface area (TPSA) is 29.5 Å². The number of hydrogen-bond acceptors (Lipinski definition) is 3. The van der Waals surface area contributed by atoms with Gasteiger partial charge in [-0.25, -0.2) is 0 Å². The van der Waals surface area contributed by atoms with Crippen LogP contribution in [0.2, 0.25) is 0 Å². The third-order valence-electron chi connectivity index (χ3n) is 3.79. The van der Waals surface area contributed by atoms with Crippen LogP contribution in [0.25, 0.3) is 0 Å². The lowest BCUT2D eigenvalue weighted by molar-refractivity contribution is -0.110. The summed E-state index contributed by atoms with van der Waals surface area (Å²) in [7, 11) is 0.178. The van der Waals surface area contributed by atoms with Crippen LogP contribution in [0.5, 0.6) is 5.75 Å². The number of hydrogen-bond donors (Lipinski definition) is 0. The van der Waals surface area contributed by atoms with Gasteiger partial charge in [-0.3, -0.25) is 9.69 Å². The Labute approximate surface area is 130 Å². The molecule has 0 radical (unpaired) electrons. The molecular weight excluding hydrogens is 338 g/mol. The number of rotatable bonds is 2. The Bertz CT molecular complexity index is 563. The lowest BCUT2D eigenvalue weighted by atomic mass is 10.1. The van der Waals surface area contributed by atoms with Gasteiger partial charge in [-0.2, -0.15) is 10.5 Å². The number of halogens is 1. The van der Waals surface area contributed by atoms with Gasteiger partial charge in [-0.15, -0.1) is 0 Å². The molecule has 1 atom stereocenters. The summed E-state index contributed by atoms with van der Waals surface area (Å²) < 4.78 is 6.87. The second-order valence-corrected chi connectivity index (χ2v) is 8.26. The summed E-state index contributed by atoms with van der Waals surface area (Å²) in [5.41, 5.74) is 1.30. The molecule has 2 aliphatic heterocycles. The van der Waals surface area contributed by atoms with Crippen molar-refractivity contribution in [3.63, 3.8) is 0 Å². The van der Waals surface area contributed by atoms with Crippen LogP contribution in [0.15, 0.2) is 22.7 Å². The first-order valence-electron chi connectivity index (χ1n) is 6.81. The Balaban J connectivity index is 1.70. The molecule has 20 heavy (non-hydrogen) atoms. The molecule has 3 rings (SSSR count). The molecule has 1 saturated heterocycles. The van der Waals surface area contributed by atoms with Gasteiger partial charge >= 0.3 is 0 Å². The first-order valence-corrected chi connectivity index (χ1v) is 9.23. The number of fused-ring (bicyclic) bond motifs is 1. The van der Waals surface area contributed by atoms with E-state index in [1.54, 1.807) is 6.92 Å². The maximum atomic E-state index is 11.2. The van der Waals surface area contributed by atoms with Crippen molar-refractivity contribution >= 4 is 37.6 Å². The van der Waals surface area contributed by atoms with Crippen LogP contribution in [0.4, 0.5) is 0 Å². The molecule has 0 N–H and O–H groups in total. The van der Waals surface area contributed by atoms with Crippen molar-refractivity contribution in [1.29, 1.82) is 0 Å². The molecule has 0 saturated carbocycles. The quantitative estimate of drug-likeness (QED) is 0.764. The third-order valence-corrected chi connectivity index (χ3v) is 6.36. The van der Waals surface area contributed by atoms with Gasteiger partial charge in [0.15, 0.2) is 5.78 Å². The summed E-state index contributed by atoms with van der Waals surface area (Å²) in [5.74, 6) is 3.41. The number of ether oxygens (including phenoxy) is 1. The number of benzene rings is 1. The zero-order valence-corrected chi connectivity index (χ0v) is 13.9. The van der Waals surface area contributed by atoms with Gasteiger partial charge < -0.3 is 4.74 Å². The summed E-state index contributed by atoms with van der Waals surface area (Å²) >= 11 is 3.48. The minimum atomic E-state index is 0.178. The lowest BCUT2D eigenvalue weighted by Crippen LogP contribution is -2.37. The molecule has 0 aromatic heterocycles. The summed E-state index contributed by atoms with van der Waals surface area (Å²) in [6.45, 7) is 4.50. The van der Waals surface area contributed by atoms with Crippen LogP contribution in [0.1, 0.15) is 18.5 Å². The fraction of sp³-hybridized carbons (Fsp3) is 0.467. The Hall–Kier alpha value is -0.650. The SMILES string of the molecule is CC(=O)C=S1CCN(C2COc3cc(Br)ccc32)CC1. The minimum Gasteiger partial charge on any atom is -0.491 e. The van der Waals surface area contributed by atoms with Gasteiger partial charge in [0.05, 0.1) is 6.04 Å². The highest BCUT2D eigenvalue weighted by molar-refractivity contribution is 9.10. The summed E-state index contributed by atoms with van der Waals surface area (Å²) in [6.07, 6.45) is 0. The Morgan fingerprint density at radius 3 is 2.90 bits per heavy atom. The summed E-state index contributed by atoms with van der Waals surface area (Å²) in [4.78, 5) is 13.7. The molecule has 0 aliphatic carbocycles. The molecule has 3 nitrogen and oxygen atoms in total. The van der Waals surface area contributed by atoms with Crippen molar-refractivity contribution in [3.05, 3.63) is 28.2 Å². The van der Waals surface area contributed by atoms with Crippen molar-refractivity contribution in [1.82, 2.24) is 4.90 Å². The number of carbonyl (C=O) groups is 1. The van der Waals surface area contributed by atoms with Crippen molar-refractivity contribution in [2.24, 2.45) is 0 Å². The monoisotopic (exact) mass is 355 g/mol. The normalized spacial score (nSPS) is 23.2. The van der Waals surface area contributed by atoms with Crippen LogP contribution in [0, 0.1) is 0 Å². The van der Waals surface area contributed by atoms with Crippen LogP contribution in [0.3, 0.4) is 0 Å². The van der Waals surface area contributed by atoms with E-state index < -0.39 is 0 Å². The fourth-order valence-electron chi connectivity index (χ4n) is 2.82. The molecule has 2 aliphatic rings. The number of ketones is 1. The van der Waals surface area contributed by atoms with Gasteiger partial charge in [0.1, 0.15) is 12.4 Å². The molecule has 0 bridgehead atoms. The van der Waals surface area contributed by atoms with E-state index in [0.717, 1.165) is 41.4 Å². The van der Waals surface area contributed by atoms with E-state index in [1.807, 2.05) is 11.4 Å². The second-order valence-electron chi connectivity index (χ2n) is 5.22. The summed E-state index contributed by atoms with van der Waals surface area (Å²) in [5, 5.41) is 1.91. The van der Waals surface area contributed by atoms with E-state index in [1.165, 1.54) is 5.56 Å². The molecule has 1 unspecified atom stereocenters. The molecule has 0 spiro atoms. The van der Waals surface area contributed by atoms with E-state index in [-0.39, 0.29) is 16.3 Å². The average molecular weight is 356 g/mol. The molecule has 108 valence electrons. The first kappa shape index (κ1) is 14.3. The largest absolute Gasteiger partial charge is 0.491 e. The first-order chi connectivity index (χ1) is 9.63. The van der Waals surface area contributed by atoms with Gasteiger partial charge in [-0.05, 0) is 19.1 Å². The van der Waals surface area contributed by atoms with Crippen LogP contribution in [-0.2, 0) is 4.79 Å². The minimum absolute atomic E-state index is 0.178. The van der Waals surface area contributed by atoms with Crippen LogP contribution < -0.4 is 4.74 Å². The molecule has 1 aromatic rings. The zero-order valence-electron chi connectivity index (χ0n) is 11.5. The maximum Gasteiger partial charge on any atom is 0.158 e. The predicted molar refractivity (Wildman–Crippen MR) is 88.0 cm³/mol. The predicted octanol–water partition coefficient (Wildman–Crippen LogP) is 2.86. The summed E-state index contributed by atoms with van der Waals surface area (Å²) in [6, 6.07) is 6.67. The molecule has 1 aromatic carbocycles. The number of carbonyl (C=O) groups excluding carboxylic acids is 1. The van der Waals surface area contributed by atoms with Crippen LogP contribution in [-0.4, -0.2) is 47.3 Å². The van der Waals surface area contributed by atoms with Gasteiger partial charge in [0.2, 0.25) is 0 Å². The Kier molecular flexibility index (Phi) is 4.29. The van der Waals surface area contributed by atoms with E-state index >= 15 is 0 Å². The van der Waals surface area contributed by atoms with E-state index in [2.05, 4.69) is 33.0 Å². The van der Waals surface area contributed by atoms with E-state index in [4.69, 9.17) is 4.74 Å². The third kappa shape index (κ3) is 3.00. The average Bonchev–Trinajstić information content (AvgIpc) is 2.82. The van der Waals surface area contributed by atoms with E-state index in [0.29, 0.717) is 6.04 Å². The molecule has 0 amide bonds. The van der Waals surface area contributed by atoms with Crippen molar-refractivity contribution in [2.45, 2.75) is 13.0 Å². The van der Waals surface area contributed by atoms with Crippen LogP contribution >= 0.6 is 26.4 Å². The Morgan fingerprint density at radius 2 is 2.20 bits per heavy atom. The smallest absolute Gasteiger partial charge is 0.158 e. The van der Waals surface area contributed by atoms with Crippen molar-refractivity contribution < 1.29 is 9.53 Å². The lowest BCUT2D eigenvalue weighted by Gasteiger charge is -2.33.